The monoisotopic (exact) mass is 351 g/mol. The summed E-state index contributed by atoms with van der Waals surface area (Å²) in [4.78, 5) is 12.1. The minimum absolute atomic E-state index is 0.0767. The van der Waals surface area contributed by atoms with Crippen molar-refractivity contribution in [2.45, 2.75) is 19.3 Å². The van der Waals surface area contributed by atoms with Gasteiger partial charge in [-0.2, -0.15) is 0 Å². The summed E-state index contributed by atoms with van der Waals surface area (Å²) in [6.07, 6.45) is 0. The van der Waals surface area contributed by atoms with Crippen LogP contribution in [0.2, 0.25) is 0 Å². The molecule has 1 amide bonds. The first-order chi connectivity index (χ1) is 9.60. The van der Waals surface area contributed by atoms with Crippen LogP contribution in [0.4, 0.5) is 0 Å². The Hall–Kier alpha value is -1.32. The van der Waals surface area contributed by atoms with Crippen molar-refractivity contribution >= 4 is 33.4 Å². The number of hydrogen-bond donors (Lipinski definition) is 1. The molecule has 0 saturated heterocycles. The maximum absolute atomic E-state index is 12.1. The maximum Gasteiger partial charge on any atom is 0.251 e. The number of nitrogens with one attached hydrogen (secondary N) is 1. The molecule has 2 nitrogen and oxygen atoms in total. The van der Waals surface area contributed by atoms with Crippen LogP contribution in [0.1, 0.15) is 27.0 Å². The lowest BCUT2D eigenvalue weighted by atomic mass is 10.1. The molecule has 0 saturated carbocycles. The van der Waals surface area contributed by atoms with E-state index in [-0.39, 0.29) is 5.91 Å². The molecule has 2 rings (SSSR count). The van der Waals surface area contributed by atoms with Gasteiger partial charge < -0.3 is 5.32 Å². The Balaban J connectivity index is 1.98. The van der Waals surface area contributed by atoms with Crippen LogP contribution in [0.5, 0.6) is 0 Å². The fourth-order valence-electron chi connectivity index (χ4n) is 1.76. The second kappa shape index (κ2) is 6.91. The molecule has 4 heteroatoms. The van der Waals surface area contributed by atoms with E-state index in [4.69, 9.17) is 11.6 Å². The first-order valence-corrected chi connectivity index (χ1v) is 7.61. The number of aryl methyl sites for hydroxylation is 1. The molecule has 0 spiro atoms. The van der Waals surface area contributed by atoms with Crippen LogP contribution >= 0.6 is 27.5 Å². The van der Waals surface area contributed by atoms with Gasteiger partial charge in [0, 0.05) is 22.5 Å². The summed E-state index contributed by atoms with van der Waals surface area (Å²) in [5.41, 5.74) is 3.89. The van der Waals surface area contributed by atoms with Gasteiger partial charge in [0.05, 0.1) is 0 Å². The fourth-order valence-corrected chi connectivity index (χ4v) is 2.32. The molecule has 0 heterocycles. The van der Waals surface area contributed by atoms with Crippen LogP contribution in [0.15, 0.2) is 46.9 Å². The Bertz CT molecular complexity index is 610. The summed E-state index contributed by atoms with van der Waals surface area (Å²) in [5.74, 6) is 0.427. The van der Waals surface area contributed by atoms with E-state index < -0.39 is 0 Å². The highest BCUT2D eigenvalue weighted by molar-refractivity contribution is 9.10. The quantitative estimate of drug-likeness (QED) is 0.811. The van der Waals surface area contributed by atoms with Gasteiger partial charge >= 0.3 is 0 Å². The van der Waals surface area contributed by atoms with Crippen molar-refractivity contribution in [3.05, 3.63) is 69.2 Å². The maximum atomic E-state index is 12.1. The van der Waals surface area contributed by atoms with Gasteiger partial charge in [-0.1, -0.05) is 46.3 Å². The summed E-state index contributed by atoms with van der Waals surface area (Å²) in [6, 6.07) is 13.5. The van der Waals surface area contributed by atoms with E-state index in [1.165, 1.54) is 0 Å². The van der Waals surface area contributed by atoms with E-state index in [0.29, 0.717) is 18.0 Å². The Morgan fingerprint density at radius 1 is 1.15 bits per heavy atom. The average molecular weight is 353 g/mol. The number of rotatable bonds is 4. The van der Waals surface area contributed by atoms with Crippen LogP contribution in [0, 0.1) is 6.92 Å². The Morgan fingerprint density at radius 2 is 1.80 bits per heavy atom. The van der Waals surface area contributed by atoms with Crippen molar-refractivity contribution in [3.63, 3.8) is 0 Å². The SMILES string of the molecule is Cc1ccc(C(=O)NCc2ccc(CCl)cc2)cc1Br. The predicted octanol–water partition coefficient (Wildman–Crippen LogP) is 4.43. The number of alkyl halides is 1. The molecule has 0 fully saturated rings. The number of amides is 1. The lowest BCUT2D eigenvalue weighted by Gasteiger charge is -2.07. The highest BCUT2D eigenvalue weighted by Crippen LogP contribution is 2.17. The zero-order chi connectivity index (χ0) is 14.5. The number of carbonyl (C=O) groups excluding carboxylic acids is 1. The highest BCUT2D eigenvalue weighted by Gasteiger charge is 2.06. The molecule has 2 aromatic rings. The normalized spacial score (nSPS) is 10.3. The number of hydrogen-bond acceptors (Lipinski definition) is 1. The Kier molecular flexibility index (Phi) is 5.21. The van der Waals surface area contributed by atoms with Crippen molar-refractivity contribution < 1.29 is 4.79 Å². The molecular weight excluding hydrogens is 338 g/mol. The van der Waals surface area contributed by atoms with Crippen LogP contribution in [-0.2, 0) is 12.4 Å². The third-order valence-corrected chi connectivity index (χ3v) is 4.23. The topological polar surface area (TPSA) is 29.1 Å². The number of carbonyl (C=O) groups is 1. The minimum Gasteiger partial charge on any atom is -0.348 e. The summed E-state index contributed by atoms with van der Waals surface area (Å²) in [6.45, 7) is 2.50. The molecule has 1 N–H and O–H groups in total. The molecule has 0 atom stereocenters. The molecule has 0 bridgehead atoms. The first-order valence-electron chi connectivity index (χ1n) is 6.28. The molecule has 104 valence electrons. The highest BCUT2D eigenvalue weighted by atomic mass is 79.9. The van der Waals surface area contributed by atoms with Crippen molar-refractivity contribution in [1.82, 2.24) is 5.32 Å². The van der Waals surface area contributed by atoms with E-state index in [9.17, 15) is 4.79 Å². The van der Waals surface area contributed by atoms with Gasteiger partial charge in [0.25, 0.3) is 5.91 Å². The largest absolute Gasteiger partial charge is 0.348 e. The molecule has 0 aliphatic carbocycles. The second-order valence-electron chi connectivity index (χ2n) is 4.60. The number of halogens is 2. The predicted molar refractivity (Wildman–Crippen MR) is 86.0 cm³/mol. The lowest BCUT2D eigenvalue weighted by molar-refractivity contribution is 0.0951. The molecule has 20 heavy (non-hydrogen) atoms. The molecule has 2 aromatic carbocycles. The molecular formula is C16H15BrClNO. The average Bonchev–Trinajstić information content (AvgIpc) is 2.48. The van der Waals surface area contributed by atoms with Gasteiger partial charge in [-0.3, -0.25) is 4.79 Å². The smallest absolute Gasteiger partial charge is 0.251 e. The number of benzene rings is 2. The van der Waals surface area contributed by atoms with Gasteiger partial charge in [0.1, 0.15) is 0 Å². The van der Waals surface area contributed by atoms with Gasteiger partial charge in [0.15, 0.2) is 0 Å². The third-order valence-electron chi connectivity index (χ3n) is 3.06. The summed E-state index contributed by atoms with van der Waals surface area (Å²) in [7, 11) is 0. The zero-order valence-electron chi connectivity index (χ0n) is 11.1. The van der Waals surface area contributed by atoms with E-state index in [2.05, 4.69) is 21.2 Å². The van der Waals surface area contributed by atoms with Gasteiger partial charge in [-0.15, -0.1) is 11.6 Å². The van der Waals surface area contributed by atoms with Gasteiger partial charge in [0.2, 0.25) is 0 Å². The van der Waals surface area contributed by atoms with Gasteiger partial charge in [-0.25, -0.2) is 0 Å². The van der Waals surface area contributed by atoms with Crippen LogP contribution < -0.4 is 5.32 Å². The zero-order valence-corrected chi connectivity index (χ0v) is 13.5. The standard InChI is InChI=1S/C16H15BrClNO/c1-11-2-7-14(8-15(11)17)16(20)19-10-13-5-3-12(9-18)4-6-13/h2-8H,9-10H2,1H3,(H,19,20). The van der Waals surface area contributed by atoms with E-state index in [1.54, 1.807) is 0 Å². The molecule has 0 radical (unpaired) electrons. The fraction of sp³-hybridized carbons (Fsp3) is 0.188. The Morgan fingerprint density at radius 3 is 2.40 bits per heavy atom. The van der Waals surface area contributed by atoms with Crippen molar-refractivity contribution in [1.29, 1.82) is 0 Å². The minimum atomic E-state index is -0.0767. The van der Waals surface area contributed by atoms with E-state index in [0.717, 1.165) is 21.2 Å². The van der Waals surface area contributed by atoms with Crippen LogP contribution in [0.25, 0.3) is 0 Å². The summed E-state index contributed by atoms with van der Waals surface area (Å²) < 4.78 is 0.941. The second-order valence-corrected chi connectivity index (χ2v) is 5.72. The summed E-state index contributed by atoms with van der Waals surface area (Å²) in [5, 5.41) is 2.91. The summed E-state index contributed by atoms with van der Waals surface area (Å²) >= 11 is 9.17. The van der Waals surface area contributed by atoms with E-state index >= 15 is 0 Å². The van der Waals surface area contributed by atoms with Crippen molar-refractivity contribution in [2.75, 3.05) is 0 Å². The van der Waals surface area contributed by atoms with Crippen LogP contribution in [0.3, 0.4) is 0 Å². The molecule has 0 aromatic heterocycles. The Labute approximate surface area is 132 Å². The molecule has 0 aliphatic rings. The van der Waals surface area contributed by atoms with Crippen LogP contribution in [-0.4, -0.2) is 5.91 Å². The molecule has 0 unspecified atom stereocenters. The van der Waals surface area contributed by atoms with Gasteiger partial charge in [-0.05, 0) is 35.7 Å². The lowest BCUT2D eigenvalue weighted by Crippen LogP contribution is -2.22. The van der Waals surface area contributed by atoms with Crippen molar-refractivity contribution in [2.24, 2.45) is 0 Å². The van der Waals surface area contributed by atoms with E-state index in [1.807, 2.05) is 49.4 Å². The molecule has 0 aliphatic heterocycles. The van der Waals surface area contributed by atoms with Crippen molar-refractivity contribution in [3.8, 4) is 0 Å². The first kappa shape index (κ1) is 15.1. The third kappa shape index (κ3) is 3.84.